The number of rotatable bonds is 6. The molecule has 1 amide bonds. The van der Waals surface area contributed by atoms with Gasteiger partial charge in [0.2, 0.25) is 5.91 Å². The third kappa shape index (κ3) is 4.99. The molecule has 0 spiro atoms. The van der Waals surface area contributed by atoms with Gasteiger partial charge in [-0.1, -0.05) is 17.7 Å². The van der Waals surface area contributed by atoms with Crippen LogP contribution in [0.2, 0.25) is 0 Å². The number of morpholine rings is 1. The van der Waals surface area contributed by atoms with Crippen molar-refractivity contribution in [2.45, 2.75) is 19.8 Å². The number of nitrogens with one attached hydrogen (secondary N) is 1. The molecule has 2 saturated heterocycles. The van der Waals surface area contributed by atoms with Gasteiger partial charge < -0.3 is 15.0 Å². The largest absolute Gasteiger partial charge is 0.379 e. The normalized spacial score (nSPS) is 18.0. The molecule has 5 rings (SSSR count). The average molecular weight is 450 g/mol. The fourth-order valence-corrected chi connectivity index (χ4v) is 4.55. The number of fused-ring (bicyclic) bond motifs is 1. The summed E-state index contributed by atoms with van der Waals surface area (Å²) in [6.07, 6.45) is 5.36. The highest BCUT2D eigenvalue weighted by molar-refractivity contribution is 5.88. The van der Waals surface area contributed by atoms with Crippen LogP contribution in [0.4, 0.5) is 5.82 Å². The zero-order valence-electron chi connectivity index (χ0n) is 19.1. The van der Waals surface area contributed by atoms with Crippen molar-refractivity contribution >= 4 is 22.6 Å². The van der Waals surface area contributed by atoms with Crippen LogP contribution in [0.25, 0.3) is 16.6 Å². The summed E-state index contributed by atoms with van der Waals surface area (Å²) in [4.78, 5) is 17.2. The van der Waals surface area contributed by atoms with Crippen molar-refractivity contribution in [2.24, 2.45) is 5.92 Å². The average Bonchev–Trinajstić information content (AvgIpc) is 3.30. The van der Waals surface area contributed by atoms with Gasteiger partial charge in [-0.3, -0.25) is 9.69 Å². The number of benzene rings is 1. The van der Waals surface area contributed by atoms with E-state index in [4.69, 9.17) is 9.84 Å². The van der Waals surface area contributed by atoms with Crippen molar-refractivity contribution in [3.8, 4) is 5.69 Å². The van der Waals surface area contributed by atoms with Crippen LogP contribution in [0.3, 0.4) is 0 Å². The summed E-state index contributed by atoms with van der Waals surface area (Å²) in [6.45, 7) is 8.65. The van der Waals surface area contributed by atoms with E-state index in [0.717, 1.165) is 81.2 Å². The molecule has 4 heterocycles. The van der Waals surface area contributed by atoms with Crippen LogP contribution in [-0.2, 0) is 9.53 Å². The predicted octanol–water partition coefficient (Wildman–Crippen LogP) is 1.79. The number of nitrogens with zero attached hydrogens (tertiary/aromatic N) is 6. The first-order valence-electron chi connectivity index (χ1n) is 11.8. The number of carbonyl (C=O) groups is 1. The maximum atomic E-state index is 12.7. The minimum absolute atomic E-state index is 0.0446. The Morgan fingerprint density at radius 3 is 2.64 bits per heavy atom. The highest BCUT2D eigenvalue weighted by Gasteiger charge is 2.27. The molecule has 2 aliphatic heterocycles. The van der Waals surface area contributed by atoms with Crippen LogP contribution in [-0.4, -0.2) is 83.3 Å². The minimum Gasteiger partial charge on any atom is -0.379 e. The Morgan fingerprint density at radius 1 is 1.12 bits per heavy atom. The summed E-state index contributed by atoms with van der Waals surface area (Å²) in [5, 5.41) is 17.5. The first-order chi connectivity index (χ1) is 16.2. The van der Waals surface area contributed by atoms with E-state index in [1.54, 1.807) is 6.20 Å². The number of piperidine rings is 1. The van der Waals surface area contributed by atoms with Crippen molar-refractivity contribution in [1.82, 2.24) is 30.2 Å². The molecule has 1 aromatic carbocycles. The second kappa shape index (κ2) is 9.84. The number of amides is 1. The molecule has 0 unspecified atom stereocenters. The van der Waals surface area contributed by atoms with Gasteiger partial charge in [-0.2, -0.15) is 10.2 Å². The molecule has 3 aromatic rings. The third-order valence-corrected chi connectivity index (χ3v) is 6.60. The van der Waals surface area contributed by atoms with Crippen LogP contribution < -0.4 is 10.2 Å². The van der Waals surface area contributed by atoms with Crippen molar-refractivity contribution < 1.29 is 9.53 Å². The van der Waals surface area contributed by atoms with Crippen molar-refractivity contribution in [2.75, 3.05) is 57.4 Å². The molecule has 33 heavy (non-hydrogen) atoms. The number of ether oxygens (including phenoxy) is 1. The predicted molar refractivity (Wildman–Crippen MR) is 127 cm³/mol. The lowest BCUT2D eigenvalue weighted by Crippen LogP contribution is -2.44. The molecule has 0 bridgehead atoms. The second-order valence-corrected chi connectivity index (χ2v) is 8.89. The molecule has 2 aliphatic rings. The maximum absolute atomic E-state index is 12.7. The van der Waals surface area contributed by atoms with E-state index >= 15 is 0 Å². The van der Waals surface area contributed by atoms with E-state index in [1.807, 2.05) is 10.9 Å². The SMILES string of the molecule is Cc1ccc(-n2cc3cnnc(N4CCC(C(=O)NCCN5CCOCC5)CC4)c3n2)cc1. The smallest absolute Gasteiger partial charge is 0.223 e. The van der Waals surface area contributed by atoms with Crippen LogP contribution in [0.5, 0.6) is 0 Å². The molecule has 0 saturated carbocycles. The van der Waals surface area contributed by atoms with E-state index in [0.29, 0.717) is 6.54 Å². The first-order valence-corrected chi connectivity index (χ1v) is 11.8. The molecule has 9 nitrogen and oxygen atoms in total. The van der Waals surface area contributed by atoms with Gasteiger partial charge >= 0.3 is 0 Å². The standard InChI is InChI=1S/C24H31N7O2/c1-18-2-4-21(5-3-18)31-17-20-16-26-27-23(22(20)28-31)30-9-6-19(7-10-30)24(32)25-8-11-29-12-14-33-15-13-29/h2-5,16-17,19H,6-15H2,1H3,(H,25,32). The van der Waals surface area contributed by atoms with Crippen LogP contribution >= 0.6 is 0 Å². The fraction of sp³-hybridized carbons (Fsp3) is 0.500. The topological polar surface area (TPSA) is 88.4 Å². The maximum Gasteiger partial charge on any atom is 0.223 e. The lowest BCUT2D eigenvalue weighted by atomic mass is 9.96. The van der Waals surface area contributed by atoms with Crippen molar-refractivity contribution in [1.29, 1.82) is 0 Å². The third-order valence-electron chi connectivity index (χ3n) is 6.60. The lowest BCUT2D eigenvalue weighted by Gasteiger charge is -2.32. The molecular formula is C24H31N7O2. The van der Waals surface area contributed by atoms with E-state index in [1.165, 1.54) is 5.56 Å². The molecule has 2 aromatic heterocycles. The van der Waals surface area contributed by atoms with Gasteiger partial charge in [-0.05, 0) is 31.9 Å². The zero-order valence-corrected chi connectivity index (χ0v) is 19.1. The molecule has 0 atom stereocenters. The molecule has 0 aliphatic carbocycles. The molecule has 174 valence electrons. The number of anilines is 1. The van der Waals surface area contributed by atoms with Crippen molar-refractivity contribution in [3.63, 3.8) is 0 Å². The molecular weight excluding hydrogens is 418 g/mol. The summed E-state index contributed by atoms with van der Waals surface area (Å²) < 4.78 is 7.26. The molecule has 1 N–H and O–H groups in total. The van der Waals surface area contributed by atoms with Gasteiger partial charge in [0.25, 0.3) is 0 Å². The van der Waals surface area contributed by atoms with Crippen LogP contribution in [0.1, 0.15) is 18.4 Å². The Labute approximate surface area is 193 Å². The van der Waals surface area contributed by atoms with Gasteiger partial charge in [0.15, 0.2) is 5.82 Å². The number of aromatic nitrogens is 4. The Balaban J connectivity index is 1.19. The highest BCUT2D eigenvalue weighted by Crippen LogP contribution is 2.27. The lowest BCUT2D eigenvalue weighted by molar-refractivity contribution is -0.125. The Bertz CT molecular complexity index is 1080. The van der Waals surface area contributed by atoms with Gasteiger partial charge in [0.05, 0.1) is 25.1 Å². The molecule has 9 heteroatoms. The summed E-state index contributed by atoms with van der Waals surface area (Å²) in [5.74, 6) is 1.00. The number of hydrogen-bond acceptors (Lipinski definition) is 7. The number of hydrogen-bond donors (Lipinski definition) is 1. The Hall–Kier alpha value is -3.04. The summed E-state index contributed by atoms with van der Waals surface area (Å²) in [7, 11) is 0. The fourth-order valence-electron chi connectivity index (χ4n) is 4.55. The monoisotopic (exact) mass is 449 g/mol. The summed E-state index contributed by atoms with van der Waals surface area (Å²) >= 11 is 0. The summed E-state index contributed by atoms with van der Waals surface area (Å²) in [6, 6.07) is 8.28. The zero-order chi connectivity index (χ0) is 22.6. The summed E-state index contributed by atoms with van der Waals surface area (Å²) in [5.41, 5.74) is 3.07. The quantitative estimate of drug-likeness (QED) is 0.614. The first kappa shape index (κ1) is 21.8. The van der Waals surface area contributed by atoms with E-state index in [9.17, 15) is 4.79 Å². The Kier molecular flexibility index (Phi) is 6.50. The van der Waals surface area contributed by atoms with Crippen molar-refractivity contribution in [3.05, 3.63) is 42.2 Å². The van der Waals surface area contributed by atoms with Gasteiger partial charge in [-0.25, -0.2) is 4.68 Å². The Morgan fingerprint density at radius 2 is 1.88 bits per heavy atom. The minimum atomic E-state index is 0.0446. The van der Waals surface area contributed by atoms with E-state index in [2.05, 4.69) is 56.5 Å². The number of carbonyl (C=O) groups excluding carboxylic acids is 1. The molecule has 0 radical (unpaired) electrons. The van der Waals surface area contributed by atoms with Gasteiger partial charge in [-0.15, -0.1) is 5.10 Å². The van der Waals surface area contributed by atoms with Gasteiger partial charge in [0, 0.05) is 56.8 Å². The van der Waals surface area contributed by atoms with Crippen LogP contribution in [0, 0.1) is 12.8 Å². The van der Waals surface area contributed by atoms with Crippen LogP contribution in [0.15, 0.2) is 36.7 Å². The highest BCUT2D eigenvalue weighted by atomic mass is 16.5. The van der Waals surface area contributed by atoms with E-state index in [-0.39, 0.29) is 11.8 Å². The van der Waals surface area contributed by atoms with E-state index < -0.39 is 0 Å². The number of aryl methyl sites for hydroxylation is 1. The van der Waals surface area contributed by atoms with Gasteiger partial charge in [0.1, 0.15) is 5.52 Å². The second-order valence-electron chi connectivity index (χ2n) is 8.89. The molecule has 2 fully saturated rings.